The van der Waals surface area contributed by atoms with Crippen LogP contribution in [-0.2, 0) is 4.79 Å². The molecule has 7 nitrogen and oxygen atoms in total. The van der Waals surface area contributed by atoms with E-state index in [0.717, 1.165) is 53.2 Å². The molecule has 1 aliphatic rings. The third kappa shape index (κ3) is 6.32. The van der Waals surface area contributed by atoms with E-state index in [0.29, 0.717) is 0 Å². The van der Waals surface area contributed by atoms with E-state index in [9.17, 15) is 4.79 Å². The van der Waals surface area contributed by atoms with Crippen molar-refractivity contribution < 1.29 is 9.53 Å². The van der Waals surface area contributed by atoms with Crippen LogP contribution in [0.25, 0.3) is 6.08 Å². The van der Waals surface area contributed by atoms with Crippen LogP contribution in [0.15, 0.2) is 60.7 Å². The summed E-state index contributed by atoms with van der Waals surface area (Å²) in [5, 5.41) is 6.22. The van der Waals surface area contributed by atoms with Crippen LogP contribution in [-0.4, -0.2) is 36.1 Å². The van der Waals surface area contributed by atoms with Crippen molar-refractivity contribution in [2.24, 2.45) is 0 Å². The van der Waals surface area contributed by atoms with Gasteiger partial charge in [0.15, 0.2) is 0 Å². The van der Waals surface area contributed by atoms with Crippen LogP contribution in [0.5, 0.6) is 5.75 Å². The van der Waals surface area contributed by atoms with Gasteiger partial charge in [0.25, 0.3) is 0 Å². The zero-order valence-electron chi connectivity index (χ0n) is 19.0. The summed E-state index contributed by atoms with van der Waals surface area (Å²) in [6.45, 7) is 3.99. The normalized spacial score (nSPS) is 13.7. The first-order valence-corrected chi connectivity index (χ1v) is 11.2. The van der Waals surface area contributed by atoms with Gasteiger partial charge in [-0.25, -0.2) is 4.98 Å². The van der Waals surface area contributed by atoms with E-state index >= 15 is 0 Å². The number of rotatable bonds is 7. The standard InChI is InChI=1S/C26H29N5O2/c1-19-18-24(30-26(27-19)31-16-4-3-5-17-31)28-21-9-11-22(12-10-21)29-25(32)15-8-20-6-13-23(33-2)14-7-20/h6-15,18H,3-5,16-17H2,1-2H3,(H,29,32)(H,27,28,30)/b15-8+. The zero-order chi connectivity index (χ0) is 23.0. The Morgan fingerprint density at radius 1 is 0.970 bits per heavy atom. The Bertz CT molecular complexity index is 1100. The maximum absolute atomic E-state index is 12.3. The third-order valence-corrected chi connectivity index (χ3v) is 5.45. The van der Waals surface area contributed by atoms with Crippen LogP contribution in [0.2, 0.25) is 0 Å². The van der Waals surface area contributed by atoms with Crippen molar-refractivity contribution in [1.29, 1.82) is 0 Å². The number of ether oxygens (including phenoxy) is 1. The highest BCUT2D eigenvalue weighted by Gasteiger charge is 2.14. The molecule has 3 aromatic rings. The number of methoxy groups -OCH3 is 1. The molecule has 33 heavy (non-hydrogen) atoms. The lowest BCUT2D eigenvalue weighted by molar-refractivity contribution is -0.111. The summed E-state index contributed by atoms with van der Waals surface area (Å²) < 4.78 is 5.14. The fourth-order valence-electron chi connectivity index (χ4n) is 3.71. The Morgan fingerprint density at radius 3 is 2.36 bits per heavy atom. The Balaban J connectivity index is 1.35. The van der Waals surface area contributed by atoms with E-state index in [1.54, 1.807) is 13.2 Å². The van der Waals surface area contributed by atoms with Crippen LogP contribution in [0.1, 0.15) is 30.5 Å². The lowest BCUT2D eigenvalue weighted by Crippen LogP contribution is -2.31. The molecule has 4 rings (SSSR count). The second-order valence-electron chi connectivity index (χ2n) is 8.04. The maximum atomic E-state index is 12.3. The summed E-state index contributed by atoms with van der Waals surface area (Å²) in [6.07, 6.45) is 6.92. The largest absolute Gasteiger partial charge is 0.497 e. The lowest BCUT2D eigenvalue weighted by Gasteiger charge is -2.27. The van der Waals surface area contributed by atoms with Crippen molar-refractivity contribution in [3.8, 4) is 5.75 Å². The molecule has 7 heteroatoms. The summed E-state index contributed by atoms with van der Waals surface area (Å²) >= 11 is 0. The number of hydrogen-bond acceptors (Lipinski definition) is 6. The lowest BCUT2D eigenvalue weighted by atomic mass is 10.1. The van der Waals surface area contributed by atoms with Gasteiger partial charge in [0.2, 0.25) is 11.9 Å². The molecule has 0 unspecified atom stereocenters. The van der Waals surface area contributed by atoms with Crippen molar-refractivity contribution >= 4 is 35.1 Å². The van der Waals surface area contributed by atoms with Crippen LogP contribution in [0.3, 0.4) is 0 Å². The Kier molecular flexibility index (Phi) is 7.19. The highest BCUT2D eigenvalue weighted by molar-refractivity contribution is 6.02. The summed E-state index contributed by atoms with van der Waals surface area (Å²) in [5.41, 5.74) is 3.47. The van der Waals surface area contributed by atoms with Gasteiger partial charge >= 0.3 is 0 Å². The minimum absolute atomic E-state index is 0.191. The van der Waals surface area contributed by atoms with Crippen molar-refractivity contribution in [2.45, 2.75) is 26.2 Å². The van der Waals surface area contributed by atoms with E-state index in [-0.39, 0.29) is 5.91 Å². The average Bonchev–Trinajstić information content (AvgIpc) is 2.84. The molecule has 2 heterocycles. The number of amides is 1. The second kappa shape index (κ2) is 10.6. The predicted molar refractivity (Wildman–Crippen MR) is 133 cm³/mol. The van der Waals surface area contributed by atoms with Crippen molar-refractivity contribution in [1.82, 2.24) is 9.97 Å². The number of aryl methyl sites for hydroxylation is 1. The number of hydrogen-bond donors (Lipinski definition) is 2. The molecular formula is C26H29N5O2. The predicted octanol–water partition coefficient (Wildman–Crippen LogP) is 5.18. The number of anilines is 4. The van der Waals surface area contributed by atoms with Gasteiger partial charge in [0, 0.05) is 42.3 Å². The molecule has 1 saturated heterocycles. The molecule has 1 aromatic heterocycles. The molecule has 0 aliphatic carbocycles. The third-order valence-electron chi connectivity index (χ3n) is 5.45. The molecular weight excluding hydrogens is 414 g/mol. The number of nitrogens with one attached hydrogen (secondary N) is 2. The number of benzene rings is 2. The molecule has 1 amide bonds. The van der Waals surface area contributed by atoms with Gasteiger partial charge in [-0.15, -0.1) is 0 Å². The highest BCUT2D eigenvalue weighted by Crippen LogP contribution is 2.22. The number of piperidine rings is 1. The molecule has 0 saturated carbocycles. The van der Waals surface area contributed by atoms with Gasteiger partial charge in [-0.3, -0.25) is 4.79 Å². The summed E-state index contributed by atoms with van der Waals surface area (Å²) in [4.78, 5) is 23.8. The van der Waals surface area contributed by atoms with Gasteiger partial charge in [-0.05, 0) is 74.2 Å². The monoisotopic (exact) mass is 443 g/mol. The SMILES string of the molecule is COc1ccc(/C=C/C(=O)Nc2ccc(Nc3cc(C)nc(N4CCCCC4)n3)cc2)cc1. The van der Waals surface area contributed by atoms with Crippen LogP contribution < -0.4 is 20.3 Å². The van der Waals surface area contributed by atoms with Crippen molar-refractivity contribution in [2.75, 3.05) is 35.7 Å². The fraction of sp³-hybridized carbons (Fsp3) is 0.269. The minimum Gasteiger partial charge on any atom is -0.497 e. The van der Waals surface area contributed by atoms with E-state index in [2.05, 4.69) is 20.5 Å². The summed E-state index contributed by atoms with van der Waals surface area (Å²) in [5.74, 6) is 2.14. The second-order valence-corrected chi connectivity index (χ2v) is 8.04. The molecule has 0 atom stereocenters. The maximum Gasteiger partial charge on any atom is 0.248 e. The molecule has 1 aliphatic heterocycles. The first kappa shape index (κ1) is 22.3. The topological polar surface area (TPSA) is 79.4 Å². The van der Waals surface area contributed by atoms with E-state index < -0.39 is 0 Å². The summed E-state index contributed by atoms with van der Waals surface area (Å²) in [6, 6.07) is 17.0. The zero-order valence-corrected chi connectivity index (χ0v) is 19.0. The Morgan fingerprint density at radius 2 is 1.67 bits per heavy atom. The minimum atomic E-state index is -0.191. The Labute approximate surface area is 194 Å². The molecule has 2 aromatic carbocycles. The number of nitrogens with zero attached hydrogens (tertiary/aromatic N) is 3. The van der Waals surface area contributed by atoms with Gasteiger partial charge in [0.05, 0.1) is 7.11 Å². The Hall–Kier alpha value is -3.87. The van der Waals surface area contributed by atoms with Crippen LogP contribution >= 0.6 is 0 Å². The first-order chi connectivity index (χ1) is 16.1. The van der Waals surface area contributed by atoms with Gasteiger partial charge in [0.1, 0.15) is 11.6 Å². The van der Waals surface area contributed by atoms with E-state index in [1.165, 1.54) is 25.3 Å². The first-order valence-electron chi connectivity index (χ1n) is 11.2. The van der Waals surface area contributed by atoms with Gasteiger partial charge < -0.3 is 20.3 Å². The van der Waals surface area contributed by atoms with Gasteiger partial charge in [-0.1, -0.05) is 12.1 Å². The van der Waals surface area contributed by atoms with Gasteiger partial charge in [-0.2, -0.15) is 4.98 Å². The molecule has 170 valence electrons. The molecule has 0 bridgehead atoms. The van der Waals surface area contributed by atoms with E-state index in [1.807, 2.05) is 61.5 Å². The number of carbonyl (C=O) groups excluding carboxylic acids is 1. The fourth-order valence-corrected chi connectivity index (χ4v) is 3.71. The van der Waals surface area contributed by atoms with Crippen LogP contribution in [0, 0.1) is 6.92 Å². The highest BCUT2D eigenvalue weighted by atomic mass is 16.5. The quantitative estimate of drug-likeness (QED) is 0.490. The van der Waals surface area contributed by atoms with Crippen molar-refractivity contribution in [3.63, 3.8) is 0 Å². The van der Waals surface area contributed by atoms with Crippen molar-refractivity contribution in [3.05, 3.63) is 71.9 Å². The van der Waals surface area contributed by atoms with Crippen LogP contribution in [0.4, 0.5) is 23.1 Å². The number of aromatic nitrogens is 2. The molecule has 2 N–H and O–H groups in total. The molecule has 0 spiro atoms. The van der Waals surface area contributed by atoms with E-state index in [4.69, 9.17) is 9.72 Å². The number of carbonyl (C=O) groups is 1. The molecule has 0 radical (unpaired) electrons. The average molecular weight is 444 g/mol. The summed E-state index contributed by atoms with van der Waals surface area (Å²) in [7, 11) is 1.63. The molecule has 1 fully saturated rings. The smallest absolute Gasteiger partial charge is 0.248 e.